The second-order valence-corrected chi connectivity index (χ2v) is 6.52. The average molecular weight is 444 g/mol. The smallest absolute Gasteiger partial charge is 0.245 e. The Labute approximate surface area is 165 Å². The number of aromatic nitrogens is 4. The molecule has 0 aliphatic carbocycles. The van der Waals surface area contributed by atoms with Crippen LogP contribution in [0.15, 0.2) is 56.7 Å². The van der Waals surface area contributed by atoms with Crippen molar-refractivity contribution in [2.24, 2.45) is 10.9 Å². The van der Waals surface area contributed by atoms with Crippen molar-refractivity contribution in [3.05, 3.63) is 64.0 Å². The predicted molar refractivity (Wildman–Crippen MR) is 103 cm³/mol. The highest BCUT2D eigenvalue weighted by Gasteiger charge is 2.21. The summed E-state index contributed by atoms with van der Waals surface area (Å²) >= 11 is 3.35. The van der Waals surface area contributed by atoms with Gasteiger partial charge < -0.3 is 16.3 Å². The van der Waals surface area contributed by atoms with Crippen LogP contribution in [0.5, 0.6) is 5.75 Å². The first-order valence-electron chi connectivity index (χ1n) is 7.85. The molecule has 2 heterocycles. The molecule has 11 heteroatoms. The van der Waals surface area contributed by atoms with E-state index < -0.39 is 0 Å². The molecule has 4 N–H and O–H groups in total. The Morgan fingerprint density at radius 2 is 1.82 bits per heavy atom. The fourth-order valence-electron chi connectivity index (χ4n) is 2.52. The zero-order valence-electron chi connectivity index (χ0n) is 14.0. The van der Waals surface area contributed by atoms with E-state index in [4.69, 9.17) is 5.84 Å². The maximum atomic E-state index is 13.2. The normalized spacial score (nSPS) is 11.7. The highest BCUT2D eigenvalue weighted by molar-refractivity contribution is 9.10. The second-order valence-electron chi connectivity index (χ2n) is 5.60. The molecule has 0 spiro atoms. The van der Waals surface area contributed by atoms with Gasteiger partial charge >= 0.3 is 0 Å². The van der Waals surface area contributed by atoms with E-state index in [-0.39, 0.29) is 40.1 Å². The van der Waals surface area contributed by atoms with Crippen molar-refractivity contribution in [2.75, 3.05) is 5.32 Å². The number of hydrogen-bond acceptors (Lipinski definition) is 9. The lowest BCUT2D eigenvalue weighted by Crippen LogP contribution is -2.13. The number of rotatable bonds is 4. The maximum absolute atomic E-state index is 13.2. The molecular weight excluding hydrogens is 433 g/mol. The zero-order chi connectivity index (χ0) is 19.7. The van der Waals surface area contributed by atoms with Crippen molar-refractivity contribution in [3.63, 3.8) is 0 Å². The van der Waals surface area contributed by atoms with Crippen molar-refractivity contribution in [1.82, 2.24) is 20.3 Å². The van der Waals surface area contributed by atoms with Gasteiger partial charge in [-0.3, -0.25) is 0 Å². The van der Waals surface area contributed by atoms with Gasteiger partial charge in [-0.1, -0.05) is 15.9 Å². The van der Waals surface area contributed by atoms with Crippen molar-refractivity contribution in [1.29, 1.82) is 0 Å². The highest BCUT2D eigenvalue weighted by atomic mass is 79.9. The summed E-state index contributed by atoms with van der Waals surface area (Å²) in [6.45, 7) is 0. The molecule has 4 rings (SSSR count). The van der Waals surface area contributed by atoms with Crippen LogP contribution >= 0.6 is 15.9 Å². The van der Waals surface area contributed by atoms with Gasteiger partial charge in [0, 0.05) is 15.7 Å². The lowest BCUT2D eigenvalue weighted by Gasteiger charge is -2.12. The van der Waals surface area contributed by atoms with E-state index in [2.05, 4.69) is 51.3 Å². The number of benzene rings is 2. The Kier molecular flexibility index (Phi) is 4.57. The summed E-state index contributed by atoms with van der Waals surface area (Å²) in [5.74, 6) is 5.40. The SMILES string of the molecule is NN=C(c1cc(Br)ccc1O)c1nc2nonc2nc1Nc1ccc(F)cc1. The first kappa shape index (κ1) is 17.8. The molecule has 0 aliphatic rings. The Bertz CT molecular complexity index is 1190. The summed E-state index contributed by atoms with van der Waals surface area (Å²) < 4.78 is 18.6. The summed E-state index contributed by atoms with van der Waals surface area (Å²) in [7, 11) is 0. The molecule has 2 aromatic carbocycles. The first-order valence-corrected chi connectivity index (χ1v) is 8.64. The second kappa shape index (κ2) is 7.19. The number of anilines is 2. The Balaban J connectivity index is 1.88. The van der Waals surface area contributed by atoms with Crippen molar-refractivity contribution < 1.29 is 14.1 Å². The molecule has 0 aliphatic heterocycles. The molecule has 0 unspecified atom stereocenters. The monoisotopic (exact) mass is 443 g/mol. The number of hydrogen-bond donors (Lipinski definition) is 3. The topological polar surface area (TPSA) is 135 Å². The first-order chi connectivity index (χ1) is 13.5. The average Bonchev–Trinajstić information content (AvgIpc) is 3.14. The van der Waals surface area contributed by atoms with Crippen molar-refractivity contribution in [2.45, 2.75) is 0 Å². The van der Waals surface area contributed by atoms with Crippen molar-refractivity contribution >= 4 is 44.4 Å². The standard InChI is InChI=1S/C17H11BrFN7O2/c18-8-1-6-12(27)11(7-8)13(24-20)14-15(21-10-4-2-9(19)3-5-10)23-17-16(22-14)25-28-26-17/h1-7,27H,20H2,(H,21,23,26). The van der Waals surface area contributed by atoms with E-state index in [1.807, 2.05) is 0 Å². The summed E-state index contributed by atoms with van der Waals surface area (Å²) in [4.78, 5) is 8.70. The number of hydrazone groups is 1. The van der Waals surface area contributed by atoms with Crippen LogP contribution in [0.4, 0.5) is 15.9 Å². The number of nitrogens with zero attached hydrogens (tertiary/aromatic N) is 5. The number of halogens is 2. The third-order valence-electron chi connectivity index (χ3n) is 3.79. The Hall–Kier alpha value is -3.60. The van der Waals surface area contributed by atoms with Gasteiger partial charge in [0.1, 0.15) is 23.0 Å². The summed E-state index contributed by atoms with van der Waals surface area (Å²) in [5, 5.41) is 24.4. The maximum Gasteiger partial charge on any atom is 0.245 e. The lowest BCUT2D eigenvalue weighted by atomic mass is 10.1. The largest absolute Gasteiger partial charge is 0.507 e. The summed E-state index contributed by atoms with van der Waals surface area (Å²) in [5.41, 5.74) is 1.51. The van der Waals surface area contributed by atoms with E-state index in [9.17, 15) is 9.50 Å². The molecule has 9 nitrogen and oxygen atoms in total. The number of nitrogens with one attached hydrogen (secondary N) is 1. The van der Waals surface area contributed by atoms with Gasteiger partial charge in [0.2, 0.25) is 11.3 Å². The van der Waals surface area contributed by atoms with Crippen LogP contribution in [-0.4, -0.2) is 31.1 Å². The minimum Gasteiger partial charge on any atom is -0.507 e. The van der Waals surface area contributed by atoms with Gasteiger partial charge in [0.25, 0.3) is 0 Å². The fourth-order valence-corrected chi connectivity index (χ4v) is 2.88. The molecule has 2 aromatic heterocycles. The van der Waals surface area contributed by atoms with Gasteiger partial charge in [-0.2, -0.15) is 5.10 Å². The lowest BCUT2D eigenvalue weighted by molar-refractivity contribution is 0.314. The fraction of sp³-hybridized carbons (Fsp3) is 0. The van der Waals surface area contributed by atoms with Crippen LogP contribution in [0.2, 0.25) is 0 Å². The van der Waals surface area contributed by atoms with E-state index in [0.717, 1.165) is 0 Å². The van der Waals surface area contributed by atoms with E-state index in [1.165, 1.54) is 30.3 Å². The van der Waals surface area contributed by atoms with E-state index >= 15 is 0 Å². The molecule has 0 saturated heterocycles. The molecule has 0 atom stereocenters. The number of aromatic hydroxyl groups is 1. The molecule has 0 amide bonds. The van der Waals surface area contributed by atoms with Crippen LogP contribution in [0.25, 0.3) is 11.3 Å². The van der Waals surface area contributed by atoms with E-state index in [1.54, 1.807) is 12.1 Å². The molecule has 0 saturated carbocycles. The van der Waals surface area contributed by atoms with Gasteiger partial charge in [0.15, 0.2) is 5.82 Å². The van der Waals surface area contributed by atoms with Crippen LogP contribution in [0.1, 0.15) is 11.3 Å². The van der Waals surface area contributed by atoms with Gasteiger partial charge in [-0.05, 0) is 52.8 Å². The third kappa shape index (κ3) is 3.34. The predicted octanol–water partition coefficient (Wildman–Crippen LogP) is 3.07. The van der Waals surface area contributed by atoms with Gasteiger partial charge in [-0.25, -0.2) is 19.0 Å². The molecule has 28 heavy (non-hydrogen) atoms. The molecule has 0 bridgehead atoms. The number of phenols is 1. The van der Waals surface area contributed by atoms with E-state index in [0.29, 0.717) is 15.7 Å². The van der Waals surface area contributed by atoms with Crippen molar-refractivity contribution in [3.8, 4) is 5.75 Å². The van der Waals surface area contributed by atoms with Crippen LogP contribution < -0.4 is 11.2 Å². The Morgan fingerprint density at radius 3 is 2.54 bits per heavy atom. The van der Waals surface area contributed by atoms with Gasteiger partial charge in [-0.15, -0.1) is 0 Å². The minimum absolute atomic E-state index is 0.0553. The number of phenolic OH excluding ortho intramolecular Hbond substituents is 1. The van der Waals surface area contributed by atoms with Crippen LogP contribution in [0.3, 0.4) is 0 Å². The molecule has 140 valence electrons. The number of fused-ring (bicyclic) bond motifs is 1. The molecule has 0 radical (unpaired) electrons. The van der Waals surface area contributed by atoms with Crippen LogP contribution in [-0.2, 0) is 0 Å². The molecule has 0 fully saturated rings. The summed E-state index contributed by atoms with van der Waals surface area (Å²) in [6.07, 6.45) is 0. The summed E-state index contributed by atoms with van der Waals surface area (Å²) in [6, 6.07) is 10.4. The van der Waals surface area contributed by atoms with Gasteiger partial charge in [0.05, 0.1) is 0 Å². The molecular formula is C17H11BrFN7O2. The number of nitrogens with two attached hydrogens (primary N) is 1. The van der Waals surface area contributed by atoms with Crippen LogP contribution in [0, 0.1) is 5.82 Å². The third-order valence-corrected chi connectivity index (χ3v) is 4.28. The molecule has 4 aromatic rings. The minimum atomic E-state index is -0.378. The zero-order valence-corrected chi connectivity index (χ0v) is 15.6. The highest BCUT2D eigenvalue weighted by Crippen LogP contribution is 2.28. The quantitative estimate of drug-likeness (QED) is 0.248. The Morgan fingerprint density at radius 1 is 1.11 bits per heavy atom.